The van der Waals surface area contributed by atoms with Gasteiger partial charge in [0.1, 0.15) is 23.8 Å². The monoisotopic (exact) mass is 410 g/mol. The van der Waals surface area contributed by atoms with Gasteiger partial charge in [0, 0.05) is 41.8 Å². The number of hydrogen-bond acceptors (Lipinski definition) is 8. The molecule has 0 unspecified atom stereocenters. The van der Waals surface area contributed by atoms with Crippen molar-refractivity contribution in [2.24, 2.45) is 10.9 Å². The Bertz CT molecular complexity index is 1050. The van der Waals surface area contributed by atoms with Crippen molar-refractivity contribution in [2.45, 2.75) is 19.4 Å². The van der Waals surface area contributed by atoms with Gasteiger partial charge in [-0.15, -0.1) is 0 Å². The molecule has 1 saturated heterocycles. The second-order valence-corrected chi connectivity index (χ2v) is 7.82. The van der Waals surface area contributed by atoms with Gasteiger partial charge in [-0.05, 0) is 19.9 Å². The summed E-state index contributed by atoms with van der Waals surface area (Å²) in [7, 11) is 0. The lowest BCUT2D eigenvalue weighted by Crippen LogP contribution is -2.37. The lowest BCUT2D eigenvalue weighted by molar-refractivity contribution is 0.0250. The van der Waals surface area contributed by atoms with Crippen LogP contribution < -0.4 is 15.5 Å². The van der Waals surface area contributed by atoms with Crippen molar-refractivity contribution in [3.8, 4) is 6.01 Å². The number of para-hydroxylation sites is 1. The number of H-pyrrole nitrogens is 1. The van der Waals surface area contributed by atoms with Crippen molar-refractivity contribution < 1.29 is 14.6 Å². The molecule has 2 aromatic heterocycles. The summed E-state index contributed by atoms with van der Waals surface area (Å²) in [5, 5.41) is 15.1. The molecular weight excluding hydrogens is 384 g/mol. The van der Waals surface area contributed by atoms with Gasteiger partial charge in [0.25, 0.3) is 0 Å². The van der Waals surface area contributed by atoms with Crippen molar-refractivity contribution in [1.82, 2.24) is 15.0 Å². The van der Waals surface area contributed by atoms with Crippen LogP contribution in [-0.2, 0) is 4.74 Å². The van der Waals surface area contributed by atoms with Crippen LogP contribution in [0.25, 0.3) is 10.9 Å². The van der Waals surface area contributed by atoms with E-state index in [1.54, 1.807) is 13.8 Å². The molecule has 9 nitrogen and oxygen atoms in total. The molecule has 1 fully saturated rings. The minimum absolute atomic E-state index is 0.0567. The Balaban J connectivity index is 1.76. The van der Waals surface area contributed by atoms with Crippen molar-refractivity contribution in [3.05, 3.63) is 47.8 Å². The van der Waals surface area contributed by atoms with Crippen LogP contribution in [0.2, 0.25) is 0 Å². The summed E-state index contributed by atoms with van der Waals surface area (Å²) in [6.45, 7) is 6.06. The Kier molecular flexibility index (Phi) is 5.56. The SMILES string of the molecule is CC(C)(O)COc1nc(C(=NN)c2c[nH]c3ccccc23)cc(N2CCOCC2)n1. The maximum absolute atomic E-state index is 10.0. The number of ether oxygens (including phenoxy) is 2. The summed E-state index contributed by atoms with van der Waals surface area (Å²) in [5.74, 6) is 6.51. The maximum Gasteiger partial charge on any atom is 0.319 e. The van der Waals surface area contributed by atoms with Gasteiger partial charge in [-0.1, -0.05) is 18.2 Å². The summed E-state index contributed by atoms with van der Waals surface area (Å²) < 4.78 is 11.2. The number of hydrogen-bond donors (Lipinski definition) is 3. The van der Waals surface area contributed by atoms with Gasteiger partial charge < -0.3 is 30.3 Å². The van der Waals surface area contributed by atoms with E-state index in [0.717, 1.165) is 16.5 Å². The molecule has 4 rings (SSSR count). The van der Waals surface area contributed by atoms with E-state index in [2.05, 4.69) is 25.0 Å². The predicted octanol–water partition coefficient (Wildman–Crippen LogP) is 1.66. The normalized spacial score (nSPS) is 15.6. The molecule has 1 aliphatic heterocycles. The molecule has 0 bridgehead atoms. The summed E-state index contributed by atoms with van der Waals surface area (Å²) in [6, 6.07) is 9.94. The number of hydrazone groups is 1. The second kappa shape index (κ2) is 8.29. The fraction of sp³-hybridized carbons (Fsp3) is 0.381. The van der Waals surface area contributed by atoms with Crippen LogP contribution in [0.3, 0.4) is 0 Å². The molecule has 3 heterocycles. The Morgan fingerprint density at radius 3 is 2.80 bits per heavy atom. The van der Waals surface area contributed by atoms with E-state index in [9.17, 15) is 5.11 Å². The minimum Gasteiger partial charge on any atom is -0.460 e. The van der Waals surface area contributed by atoms with Crippen molar-refractivity contribution >= 4 is 22.4 Å². The van der Waals surface area contributed by atoms with E-state index in [1.165, 1.54) is 0 Å². The van der Waals surface area contributed by atoms with E-state index in [-0.39, 0.29) is 12.6 Å². The van der Waals surface area contributed by atoms with Gasteiger partial charge in [0.2, 0.25) is 0 Å². The van der Waals surface area contributed by atoms with Gasteiger partial charge in [0.15, 0.2) is 0 Å². The third kappa shape index (κ3) is 4.37. The van der Waals surface area contributed by atoms with Crippen LogP contribution >= 0.6 is 0 Å². The molecular formula is C21H26N6O3. The molecule has 0 aliphatic carbocycles. The highest BCUT2D eigenvalue weighted by molar-refractivity contribution is 6.18. The zero-order valence-corrected chi connectivity index (χ0v) is 17.1. The third-order valence-corrected chi connectivity index (χ3v) is 4.80. The van der Waals surface area contributed by atoms with Crippen molar-refractivity contribution in [3.63, 3.8) is 0 Å². The number of nitrogens with one attached hydrogen (secondary N) is 1. The van der Waals surface area contributed by atoms with E-state index < -0.39 is 5.60 Å². The van der Waals surface area contributed by atoms with Crippen molar-refractivity contribution in [1.29, 1.82) is 0 Å². The average Bonchev–Trinajstić information content (AvgIpc) is 3.17. The highest BCUT2D eigenvalue weighted by Gasteiger charge is 2.21. The summed E-state index contributed by atoms with van der Waals surface area (Å²) >= 11 is 0. The number of benzene rings is 1. The van der Waals surface area contributed by atoms with E-state index >= 15 is 0 Å². The molecule has 0 spiro atoms. The Hall–Kier alpha value is -3.17. The van der Waals surface area contributed by atoms with Gasteiger partial charge in [-0.3, -0.25) is 0 Å². The molecule has 9 heteroatoms. The number of rotatable bonds is 6. The highest BCUT2D eigenvalue weighted by Crippen LogP contribution is 2.24. The number of aromatic amines is 1. The number of morpholine rings is 1. The number of aliphatic hydroxyl groups is 1. The number of nitrogens with two attached hydrogens (primary N) is 1. The van der Waals surface area contributed by atoms with Crippen LogP contribution in [0, 0.1) is 0 Å². The molecule has 158 valence electrons. The molecule has 1 aromatic carbocycles. The van der Waals surface area contributed by atoms with Crippen LogP contribution in [0.4, 0.5) is 5.82 Å². The fourth-order valence-corrected chi connectivity index (χ4v) is 3.34. The zero-order chi connectivity index (χ0) is 21.1. The molecule has 4 N–H and O–H groups in total. The Labute approximate surface area is 174 Å². The summed E-state index contributed by atoms with van der Waals surface area (Å²) in [4.78, 5) is 14.4. The quantitative estimate of drug-likeness (QED) is 0.321. The molecule has 0 amide bonds. The van der Waals surface area contributed by atoms with Crippen LogP contribution in [0.15, 0.2) is 41.6 Å². The van der Waals surface area contributed by atoms with E-state index in [0.29, 0.717) is 43.5 Å². The molecule has 30 heavy (non-hydrogen) atoms. The topological polar surface area (TPSA) is 122 Å². The molecule has 0 atom stereocenters. The number of fused-ring (bicyclic) bond motifs is 1. The molecule has 3 aromatic rings. The molecule has 0 radical (unpaired) electrons. The number of nitrogens with zero attached hydrogens (tertiary/aromatic N) is 4. The van der Waals surface area contributed by atoms with Gasteiger partial charge in [-0.2, -0.15) is 15.1 Å². The lowest BCUT2D eigenvalue weighted by Gasteiger charge is -2.28. The first-order valence-corrected chi connectivity index (χ1v) is 9.86. The molecule has 0 saturated carbocycles. The predicted molar refractivity (Wildman–Crippen MR) is 115 cm³/mol. The standard InChI is InChI=1S/C21H26N6O3/c1-21(2,28)13-30-20-24-17(11-18(25-20)27-7-9-29-10-8-27)19(26-22)15-12-23-16-6-4-3-5-14(15)16/h3-6,11-12,23,28H,7-10,13,22H2,1-2H3. The summed E-state index contributed by atoms with van der Waals surface area (Å²) in [5.41, 5.74) is 1.88. The van der Waals surface area contributed by atoms with Crippen LogP contribution in [0.1, 0.15) is 25.1 Å². The Morgan fingerprint density at radius 1 is 1.30 bits per heavy atom. The fourth-order valence-electron chi connectivity index (χ4n) is 3.34. The van der Waals surface area contributed by atoms with Crippen LogP contribution in [0.5, 0.6) is 6.01 Å². The number of aromatic nitrogens is 3. The Morgan fingerprint density at radius 2 is 2.07 bits per heavy atom. The summed E-state index contributed by atoms with van der Waals surface area (Å²) in [6.07, 6.45) is 1.87. The van der Waals surface area contributed by atoms with Gasteiger partial charge in [0.05, 0.1) is 18.8 Å². The van der Waals surface area contributed by atoms with E-state index in [1.807, 2.05) is 36.5 Å². The smallest absolute Gasteiger partial charge is 0.319 e. The molecule has 1 aliphatic rings. The first kappa shape index (κ1) is 20.1. The first-order chi connectivity index (χ1) is 14.4. The average molecular weight is 410 g/mol. The van der Waals surface area contributed by atoms with E-state index in [4.69, 9.17) is 15.3 Å². The zero-order valence-electron chi connectivity index (χ0n) is 17.1. The maximum atomic E-state index is 10.0. The largest absolute Gasteiger partial charge is 0.460 e. The minimum atomic E-state index is -1.01. The van der Waals surface area contributed by atoms with Gasteiger partial charge >= 0.3 is 6.01 Å². The van der Waals surface area contributed by atoms with Crippen molar-refractivity contribution in [2.75, 3.05) is 37.8 Å². The second-order valence-electron chi connectivity index (χ2n) is 7.82. The first-order valence-electron chi connectivity index (χ1n) is 9.86. The van der Waals surface area contributed by atoms with Gasteiger partial charge in [-0.25, -0.2) is 0 Å². The highest BCUT2D eigenvalue weighted by atomic mass is 16.5. The third-order valence-electron chi connectivity index (χ3n) is 4.80. The number of anilines is 1. The van der Waals surface area contributed by atoms with Crippen LogP contribution in [-0.4, -0.2) is 64.3 Å². The lowest BCUT2D eigenvalue weighted by atomic mass is 10.1.